The van der Waals surface area contributed by atoms with E-state index in [0.29, 0.717) is 0 Å². The molecule has 0 spiro atoms. The third-order valence-corrected chi connectivity index (χ3v) is 1.28. The molecule has 0 saturated carbocycles. The molecule has 9 nitrogen and oxygen atoms in total. The summed E-state index contributed by atoms with van der Waals surface area (Å²) in [7, 11) is 0. The molecule has 0 aromatic heterocycles. The van der Waals surface area contributed by atoms with E-state index in [1.54, 1.807) is 0 Å². The zero-order valence-electron chi connectivity index (χ0n) is 10.7. The minimum Gasteiger partial charge on any atom is -0.550 e. The van der Waals surface area contributed by atoms with Gasteiger partial charge < -0.3 is 35.1 Å². The Morgan fingerprint density at radius 1 is 1.00 bits per heavy atom. The van der Waals surface area contributed by atoms with Crippen molar-refractivity contribution in [3.8, 4) is 0 Å². The van der Waals surface area contributed by atoms with E-state index in [1.807, 2.05) is 0 Å². The molecule has 0 aliphatic carbocycles. The Morgan fingerprint density at radius 3 is 1.47 bits per heavy atom. The van der Waals surface area contributed by atoms with Gasteiger partial charge in [-0.25, -0.2) is 4.79 Å². The van der Waals surface area contributed by atoms with Gasteiger partial charge in [-0.15, -0.1) is 0 Å². The van der Waals surface area contributed by atoms with Crippen LogP contribution < -0.4 is 69.3 Å². The van der Waals surface area contributed by atoms with Crippen LogP contribution in [0.3, 0.4) is 0 Å². The maximum atomic E-state index is 10.3. The van der Waals surface area contributed by atoms with Crippen LogP contribution in [0.5, 0.6) is 0 Å². The molecular formula is C8H10Na2O9. The Balaban J connectivity index is -0.000000165. The van der Waals surface area contributed by atoms with Crippen LogP contribution in [0.4, 0.5) is 0 Å². The van der Waals surface area contributed by atoms with E-state index in [1.165, 1.54) is 0 Å². The van der Waals surface area contributed by atoms with E-state index in [9.17, 15) is 19.5 Å². The van der Waals surface area contributed by atoms with E-state index in [2.05, 4.69) is 0 Å². The molecule has 1 atom stereocenters. The molecule has 19 heavy (non-hydrogen) atoms. The number of hydrogen-bond acceptors (Lipinski definition) is 7. The van der Waals surface area contributed by atoms with Crippen LogP contribution in [-0.2, 0) is 19.2 Å². The molecule has 0 rings (SSSR count). The van der Waals surface area contributed by atoms with Gasteiger partial charge in [0.2, 0.25) is 0 Å². The van der Waals surface area contributed by atoms with E-state index in [-0.39, 0.29) is 59.1 Å². The fourth-order valence-electron chi connectivity index (χ4n) is 0.703. The Hall–Kier alpha value is -0.160. The summed E-state index contributed by atoms with van der Waals surface area (Å²) in [4.78, 5) is 39.2. The van der Waals surface area contributed by atoms with E-state index in [4.69, 9.17) is 25.2 Å². The molecule has 0 fully saturated rings. The SMILES string of the molecule is CC(=O)[O-].O=C([O-])CC(O)(CC(=O)O)C(=O)O.[Na+].[Na+]. The number of carboxylic acids is 4. The first-order chi connectivity index (χ1) is 7.51. The number of aliphatic carboxylic acids is 4. The van der Waals surface area contributed by atoms with Gasteiger partial charge in [-0.05, 0) is 6.92 Å². The third kappa shape index (κ3) is 17.8. The fourth-order valence-corrected chi connectivity index (χ4v) is 0.703. The fraction of sp³-hybridized carbons (Fsp3) is 0.500. The Morgan fingerprint density at radius 2 is 1.32 bits per heavy atom. The molecule has 0 aliphatic rings. The van der Waals surface area contributed by atoms with Crippen LogP contribution in [0.1, 0.15) is 19.8 Å². The normalized spacial score (nSPS) is 11.3. The Bertz CT molecular complexity index is 308. The maximum Gasteiger partial charge on any atom is 1.00 e. The minimum atomic E-state index is -2.80. The molecule has 98 valence electrons. The first-order valence-corrected chi connectivity index (χ1v) is 4.06. The second kappa shape index (κ2) is 12.9. The van der Waals surface area contributed by atoms with Gasteiger partial charge in [-0.3, -0.25) is 4.79 Å². The van der Waals surface area contributed by atoms with Gasteiger partial charge in [0.15, 0.2) is 5.60 Å². The molecule has 0 aliphatic heterocycles. The van der Waals surface area contributed by atoms with Crippen molar-refractivity contribution in [3.05, 3.63) is 0 Å². The van der Waals surface area contributed by atoms with Gasteiger partial charge in [0.1, 0.15) is 0 Å². The molecule has 0 bridgehead atoms. The maximum absolute atomic E-state index is 10.3. The average molecular weight is 296 g/mol. The molecular weight excluding hydrogens is 286 g/mol. The Kier molecular flexibility index (Phi) is 18.4. The van der Waals surface area contributed by atoms with Gasteiger partial charge in [-0.2, -0.15) is 0 Å². The van der Waals surface area contributed by atoms with Crippen molar-refractivity contribution >= 4 is 23.9 Å². The molecule has 0 heterocycles. The van der Waals surface area contributed by atoms with Crippen molar-refractivity contribution in [1.29, 1.82) is 0 Å². The number of carbonyl (C=O) groups is 4. The largest absolute Gasteiger partial charge is 1.00 e. The van der Waals surface area contributed by atoms with Gasteiger partial charge in [-0.1, -0.05) is 0 Å². The summed E-state index contributed by atoms with van der Waals surface area (Å²) in [5, 5.41) is 44.4. The van der Waals surface area contributed by atoms with Crippen LogP contribution >= 0.6 is 0 Å². The molecule has 0 aromatic carbocycles. The molecule has 1 unspecified atom stereocenters. The van der Waals surface area contributed by atoms with E-state index in [0.717, 1.165) is 6.92 Å². The van der Waals surface area contributed by atoms with Gasteiger partial charge in [0, 0.05) is 18.4 Å². The summed E-state index contributed by atoms with van der Waals surface area (Å²) >= 11 is 0. The van der Waals surface area contributed by atoms with Crippen molar-refractivity contribution in [2.45, 2.75) is 25.4 Å². The van der Waals surface area contributed by atoms with Gasteiger partial charge >= 0.3 is 71.1 Å². The van der Waals surface area contributed by atoms with Crippen molar-refractivity contribution < 1.29 is 104 Å². The van der Waals surface area contributed by atoms with Crippen molar-refractivity contribution in [3.63, 3.8) is 0 Å². The smallest absolute Gasteiger partial charge is 0.550 e. The van der Waals surface area contributed by atoms with Crippen LogP contribution in [0.2, 0.25) is 0 Å². The first-order valence-electron chi connectivity index (χ1n) is 4.06. The molecule has 3 N–H and O–H groups in total. The number of aliphatic hydroxyl groups is 1. The zero-order valence-corrected chi connectivity index (χ0v) is 14.7. The number of carboxylic acid groups (broad SMARTS) is 4. The first kappa shape index (κ1) is 27.2. The van der Waals surface area contributed by atoms with Crippen molar-refractivity contribution in [2.75, 3.05) is 0 Å². The number of carbonyl (C=O) groups excluding carboxylic acids is 2. The summed E-state index contributed by atoms with van der Waals surface area (Å²) in [6, 6.07) is 0. The Labute approximate surface area is 152 Å². The summed E-state index contributed by atoms with van der Waals surface area (Å²) in [5.74, 6) is -6.42. The average Bonchev–Trinajstić information content (AvgIpc) is 1.98. The third-order valence-electron chi connectivity index (χ3n) is 1.28. The monoisotopic (exact) mass is 296 g/mol. The quantitative estimate of drug-likeness (QED) is 0.416. The van der Waals surface area contributed by atoms with Crippen LogP contribution in [-0.4, -0.2) is 44.8 Å². The van der Waals surface area contributed by atoms with Crippen molar-refractivity contribution in [2.24, 2.45) is 0 Å². The predicted molar refractivity (Wildman–Crippen MR) is 45.1 cm³/mol. The van der Waals surface area contributed by atoms with Crippen molar-refractivity contribution in [1.82, 2.24) is 0 Å². The van der Waals surface area contributed by atoms with E-state index >= 15 is 0 Å². The molecule has 11 heteroatoms. The van der Waals surface area contributed by atoms with E-state index < -0.39 is 42.3 Å². The van der Waals surface area contributed by atoms with Crippen LogP contribution in [0.15, 0.2) is 0 Å². The van der Waals surface area contributed by atoms with Gasteiger partial charge in [0.05, 0.1) is 6.42 Å². The molecule has 0 radical (unpaired) electrons. The summed E-state index contributed by atoms with van der Waals surface area (Å²) < 4.78 is 0. The minimum absolute atomic E-state index is 0. The molecule has 0 amide bonds. The van der Waals surface area contributed by atoms with Gasteiger partial charge in [0.25, 0.3) is 0 Å². The zero-order chi connectivity index (χ0) is 14.2. The summed E-state index contributed by atoms with van der Waals surface area (Å²) in [5.41, 5.74) is -2.80. The molecule has 0 aromatic rings. The predicted octanol–water partition coefficient (Wildman–Crippen LogP) is -9.82. The number of rotatable bonds is 5. The second-order valence-corrected chi connectivity index (χ2v) is 2.95. The summed E-state index contributed by atoms with van der Waals surface area (Å²) in [6.45, 7) is 0.972. The molecule has 0 saturated heterocycles. The number of hydrogen-bond donors (Lipinski definition) is 3. The van der Waals surface area contributed by atoms with Crippen LogP contribution in [0.25, 0.3) is 0 Å². The topological polar surface area (TPSA) is 175 Å². The summed E-state index contributed by atoms with van der Waals surface area (Å²) in [6.07, 6.45) is -2.44. The standard InChI is InChI=1S/C6H8O7.C2H4O2.2Na/c7-3(8)1-6(13,5(11)12)2-4(9)10;1-2(3)4;;/h13H,1-2H2,(H,7,8)(H,9,10)(H,11,12);1H3,(H,3,4);;/q;;2*+1/p-2. The van der Waals surface area contributed by atoms with Crippen LogP contribution in [0, 0.1) is 0 Å². The second-order valence-electron chi connectivity index (χ2n) is 2.95.